The minimum atomic E-state index is -0.933. The van der Waals surface area contributed by atoms with Crippen LogP contribution in [0.4, 0.5) is 4.39 Å². The van der Waals surface area contributed by atoms with E-state index in [4.69, 9.17) is 16.9 Å². The van der Waals surface area contributed by atoms with Gasteiger partial charge in [0.05, 0.1) is 22.8 Å². The Labute approximate surface area is 83.7 Å². The van der Waals surface area contributed by atoms with Crippen LogP contribution in [0.2, 0.25) is 0 Å². The van der Waals surface area contributed by atoms with Crippen LogP contribution in [0.15, 0.2) is 12.1 Å². The van der Waals surface area contributed by atoms with Crippen molar-refractivity contribution in [3.63, 3.8) is 0 Å². The van der Waals surface area contributed by atoms with E-state index in [0.29, 0.717) is 0 Å². The molecule has 0 saturated carbocycles. The van der Waals surface area contributed by atoms with Gasteiger partial charge < -0.3 is 0 Å². The van der Waals surface area contributed by atoms with Gasteiger partial charge in [0, 0.05) is 0 Å². The second kappa shape index (κ2) is 3.99. The Balaban J connectivity index is 3.48. The predicted molar refractivity (Wildman–Crippen MR) is 46.7 cm³/mol. The summed E-state index contributed by atoms with van der Waals surface area (Å²) in [6.07, 6.45) is 0.263. The summed E-state index contributed by atoms with van der Waals surface area (Å²) < 4.78 is 13.0. The molecule has 3 nitrogen and oxygen atoms in total. The van der Waals surface area contributed by atoms with Crippen LogP contribution in [0.3, 0.4) is 0 Å². The van der Waals surface area contributed by atoms with Crippen LogP contribution in [-0.2, 0) is 0 Å². The van der Waals surface area contributed by atoms with Gasteiger partial charge in [-0.05, 0) is 23.7 Å². The molecule has 0 N–H and O–H groups in total. The van der Waals surface area contributed by atoms with Crippen LogP contribution in [0.25, 0.3) is 0 Å². The lowest BCUT2D eigenvalue weighted by Gasteiger charge is -2.00. The second-order valence-electron chi connectivity index (χ2n) is 2.42. The zero-order chi connectivity index (χ0) is 10.7. The molecule has 0 bridgehead atoms. The Morgan fingerprint density at radius 2 is 2.21 bits per heavy atom. The lowest BCUT2D eigenvalue weighted by atomic mass is 10.1. The molecule has 0 amide bonds. The molecule has 0 fully saturated rings. The number of nitrogens with zero attached hydrogens (tertiary/aromatic N) is 1. The zero-order valence-electron chi connectivity index (χ0n) is 6.75. The molecule has 0 spiro atoms. The summed E-state index contributed by atoms with van der Waals surface area (Å²) in [4.78, 5) is 21.0. The van der Waals surface area contributed by atoms with Crippen molar-refractivity contribution < 1.29 is 14.0 Å². The molecule has 1 rings (SSSR count). The summed E-state index contributed by atoms with van der Waals surface area (Å²) in [5, 5.41) is 7.65. The molecule has 0 radical (unpaired) electrons. The Morgan fingerprint density at radius 3 is 2.64 bits per heavy atom. The fourth-order valence-electron chi connectivity index (χ4n) is 0.935. The number of carbonyl (C=O) groups is 2. The Kier molecular flexibility index (Phi) is 2.95. The molecular formula is C9H3ClFNO2. The van der Waals surface area contributed by atoms with Crippen LogP contribution < -0.4 is 0 Å². The third-order valence-corrected chi connectivity index (χ3v) is 1.80. The van der Waals surface area contributed by atoms with E-state index in [2.05, 4.69) is 0 Å². The minimum absolute atomic E-state index is 0.117. The number of nitriles is 1. The van der Waals surface area contributed by atoms with Crippen molar-refractivity contribution in [2.75, 3.05) is 0 Å². The van der Waals surface area contributed by atoms with Gasteiger partial charge in [0.1, 0.15) is 5.82 Å². The number of carbonyl (C=O) groups excluding carboxylic acids is 2. The molecule has 1 aromatic carbocycles. The topological polar surface area (TPSA) is 57.9 Å². The third kappa shape index (κ3) is 1.78. The van der Waals surface area contributed by atoms with Gasteiger partial charge in [0.15, 0.2) is 6.29 Å². The van der Waals surface area contributed by atoms with E-state index in [1.807, 2.05) is 0 Å². The molecule has 0 saturated heterocycles. The summed E-state index contributed by atoms with van der Waals surface area (Å²) in [5.41, 5.74) is -0.631. The molecule has 5 heteroatoms. The highest BCUT2D eigenvalue weighted by Crippen LogP contribution is 2.16. The van der Waals surface area contributed by atoms with Gasteiger partial charge in [-0.15, -0.1) is 0 Å². The van der Waals surface area contributed by atoms with Gasteiger partial charge in [-0.2, -0.15) is 5.26 Å². The smallest absolute Gasteiger partial charge is 0.253 e. The molecule has 0 aliphatic carbocycles. The first kappa shape index (κ1) is 10.4. The van der Waals surface area contributed by atoms with Crippen molar-refractivity contribution in [2.45, 2.75) is 0 Å². The number of halogens is 2. The highest BCUT2D eigenvalue weighted by atomic mass is 35.5. The van der Waals surface area contributed by atoms with Crippen molar-refractivity contribution in [1.82, 2.24) is 0 Å². The summed E-state index contributed by atoms with van der Waals surface area (Å²) in [6, 6.07) is 3.41. The Bertz CT molecular complexity index is 451. The van der Waals surface area contributed by atoms with Gasteiger partial charge >= 0.3 is 0 Å². The SMILES string of the molecule is N#Cc1cc(C=O)c(F)cc1C(=O)Cl. The quantitative estimate of drug-likeness (QED) is 0.554. The standard InChI is InChI=1S/C9H3ClFNO2/c10-9(14)7-2-8(11)6(4-13)1-5(7)3-12/h1-2,4H. The van der Waals surface area contributed by atoms with Gasteiger partial charge in [0.25, 0.3) is 5.24 Å². The summed E-state index contributed by atoms with van der Waals surface area (Å²) in [6.45, 7) is 0. The second-order valence-corrected chi connectivity index (χ2v) is 2.77. The Morgan fingerprint density at radius 1 is 1.57 bits per heavy atom. The number of rotatable bonds is 2. The van der Waals surface area contributed by atoms with E-state index in [1.165, 1.54) is 0 Å². The first-order chi connectivity index (χ1) is 6.60. The molecule has 0 unspecified atom stereocenters. The first-order valence-corrected chi connectivity index (χ1v) is 3.86. The van der Waals surface area contributed by atoms with Crippen molar-refractivity contribution >= 4 is 23.1 Å². The maximum atomic E-state index is 13.0. The lowest BCUT2D eigenvalue weighted by molar-refractivity contribution is 0.107. The Hall–Kier alpha value is -1.73. The fraction of sp³-hybridized carbons (Fsp3) is 0. The van der Waals surface area contributed by atoms with Crippen LogP contribution >= 0.6 is 11.6 Å². The van der Waals surface area contributed by atoms with E-state index in [1.54, 1.807) is 6.07 Å². The molecule has 0 aromatic heterocycles. The maximum Gasteiger partial charge on any atom is 0.253 e. The number of hydrogen-bond donors (Lipinski definition) is 0. The molecule has 1 aromatic rings. The summed E-state index contributed by atoms with van der Waals surface area (Å²) >= 11 is 5.11. The van der Waals surface area contributed by atoms with Crippen LogP contribution in [0.5, 0.6) is 0 Å². The van der Waals surface area contributed by atoms with Crippen molar-refractivity contribution in [3.8, 4) is 6.07 Å². The van der Waals surface area contributed by atoms with Crippen molar-refractivity contribution in [1.29, 1.82) is 5.26 Å². The van der Waals surface area contributed by atoms with Crippen LogP contribution in [-0.4, -0.2) is 11.5 Å². The summed E-state index contributed by atoms with van der Waals surface area (Å²) in [7, 11) is 0. The van der Waals surface area contributed by atoms with E-state index < -0.39 is 11.1 Å². The van der Waals surface area contributed by atoms with Crippen LogP contribution in [0, 0.1) is 17.1 Å². The average Bonchev–Trinajstić information content (AvgIpc) is 2.17. The normalized spacial score (nSPS) is 9.21. The number of hydrogen-bond acceptors (Lipinski definition) is 3. The molecule has 14 heavy (non-hydrogen) atoms. The fourth-order valence-corrected chi connectivity index (χ4v) is 1.09. The van der Waals surface area contributed by atoms with Gasteiger partial charge in [-0.3, -0.25) is 9.59 Å². The third-order valence-electron chi connectivity index (χ3n) is 1.60. The zero-order valence-corrected chi connectivity index (χ0v) is 7.51. The highest BCUT2D eigenvalue weighted by Gasteiger charge is 2.13. The minimum Gasteiger partial charge on any atom is -0.298 e. The molecule has 0 atom stereocenters. The number of aldehydes is 1. The van der Waals surface area contributed by atoms with Gasteiger partial charge in [-0.25, -0.2) is 4.39 Å². The van der Waals surface area contributed by atoms with E-state index in [-0.39, 0.29) is 23.0 Å². The summed E-state index contributed by atoms with van der Waals surface area (Å²) in [5.74, 6) is -0.872. The monoisotopic (exact) mass is 211 g/mol. The molecule has 0 aliphatic heterocycles. The van der Waals surface area contributed by atoms with E-state index in [0.717, 1.165) is 12.1 Å². The molecule has 0 aliphatic rings. The van der Waals surface area contributed by atoms with Crippen molar-refractivity contribution in [3.05, 3.63) is 34.6 Å². The largest absolute Gasteiger partial charge is 0.298 e. The molecule has 70 valence electrons. The van der Waals surface area contributed by atoms with Gasteiger partial charge in [-0.1, -0.05) is 0 Å². The number of benzene rings is 1. The van der Waals surface area contributed by atoms with E-state index >= 15 is 0 Å². The van der Waals surface area contributed by atoms with Crippen molar-refractivity contribution in [2.24, 2.45) is 0 Å². The average molecular weight is 212 g/mol. The first-order valence-electron chi connectivity index (χ1n) is 3.48. The molecular weight excluding hydrogens is 209 g/mol. The van der Waals surface area contributed by atoms with Crippen LogP contribution in [0.1, 0.15) is 26.3 Å². The maximum absolute atomic E-state index is 13.0. The van der Waals surface area contributed by atoms with Gasteiger partial charge in [0.2, 0.25) is 0 Å². The highest BCUT2D eigenvalue weighted by molar-refractivity contribution is 6.68. The lowest BCUT2D eigenvalue weighted by Crippen LogP contribution is -1.99. The van der Waals surface area contributed by atoms with E-state index in [9.17, 15) is 14.0 Å². The molecule has 0 heterocycles. The predicted octanol–water partition coefficient (Wildman–Crippen LogP) is 1.89.